The molecule has 0 aromatic heterocycles. The highest BCUT2D eigenvalue weighted by atomic mass is 32.2. The number of nitrogens with one attached hydrogen (secondary N) is 1. The Kier molecular flexibility index (Phi) is 6.22. The van der Waals surface area contributed by atoms with Gasteiger partial charge in [0.2, 0.25) is 10.0 Å². The molecule has 0 heterocycles. The Balaban J connectivity index is 2.70. The third-order valence-corrected chi connectivity index (χ3v) is 4.59. The molecule has 1 N–H and O–H groups in total. The van der Waals surface area contributed by atoms with Crippen LogP contribution in [0.2, 0.25) is 0 Å². The van der Waals surface area contributed by atoms with E-state index in [4.69, 9.17) is 4.74 Å². The molecule has 1 aromatic carbocycles. The molecule has 0 bridgehead atoms. The number of benzene rings is 1. The zero-order valence-corrected chi connectivity index (χ0v) is 14.5. The van der Waals surface area contributed by atoms with Crippen LogP contribution in [0.1, 0.15) is 27.2 Å². The van der Waals surface area contributed by atoms with Crippen molar-refractivity contribution < 1.29 is 17.9 Å². The van der Waals surface area contributed by atoms with E-state index < -0.39 is 16.1 Å². The highest BCUT2D eigenvalue weighted by Gasteiger charge is 2.17. The smallest absolute Gasteiger partial charge is 0.260 e. The van der Waals surface area contributed by atoms with Crippen molar-refractivity contribution in [3.8, 4) is 5.75 Å². The summed E-state index contributed by atoms with van der Waals surface area (Å²) in [5, 5.41) is 2.85. The van der Waals surface area contributed by atoms with Crippen molar-refractivity contribution in [2.24, 2.45) is 0 Å². The van der Waals surface area contributed by atoms with Crippen LogP contribution in [-0.4, -0.2) is 39.8 Å². The summed E-state index contributed by atoms with van der Waals surface area (Å²) in [5.41, 5.74) is 0.534. The summed E-state index contributed by atoms with van der Waals surface area (Å²) in [5.74, 6) is 0.337. The first-order chi connectivity index (χ1) is 10.1. The summed E-state index contributed by atoms with van der Waals surface area (Å²) in [6, 6.07) is 6.66. The van der Waals surface area contributed by atoms with Crippen LogP contribution in [-0.2, 0) is 14.8 Å². The maximum atomic E-state index is 11.9. The molecule has 0 spiro atoms. The van der Waals surface area contributed by atoms with Crippen molar-refractivity contribution in [1.82, 2.24) is 5.32 Å². The Morgan fingerprint density at radius 2 is 1.82 bits per heavy atom. The van der Waals surface area contributed by atoms with Crippen LogP contribution in [0.5, 0.6) is 5.75 Å². The molecule has 6 nitrogen and oxygen atoms in total. The fourth-order valence-electron chi connectivity index (χ4n) is 1.65. The molecular formula is C15H24N2O4S. The van der Waals surface area contributed by atoms with Crippen LogP contribution >= 0.6 is 0 Å². The molecule has 2 atom stereocenters. The number of nitrogens with zero attached hydrogens (tertiary/aromatic N) is 1. The van der Waals surface area contributed by atoms with Crippen LogP contribution in [0.15, 0.2) is 24.3 Å². The van der Waals surface area contributed by atoms with Gasteiger partial charge >= 0.3 is 0 Å². The molecular weight excluding hydrogens is 304 g/mol. The number of sulfonamides is 1. The quantitative estimate of drug-likeness (QED) is 0.827. The lowest BCUT2D eigenvalue weighted by molar-refractivity contribution is -0.127. The molecule has 0 radical (unpaired) electrons. The molecule has 0 aliphatic heterocycles. The maximum absolute atomic E-state index is 11.9. The average molecular weight is 328 g/mol. The minimum absolute atomic E-state index is 0.101. The average Bonchev–Trinajstić information content (AvgIpc) is 2.46. The Morgan fingerprint density at radius 1 is 1.27 bits per heavy atom. The summed E-state index contributed by atoms with van der Waals surface area (Å²) in [7, 11) is -1.81. The first-order valence-corrected chi connectivity index (χ1v) is 9.01. The van der Waals surface area contributed by atoms with Gasteiger partial charge in [-0.05, 0) is 44.5 Å². The van der Waals surface area contributed by atoms with Gasteiger partial charge in [-0.1, -0.05) is 6.92 Å². The van der Waals surface area contributed by atoms with Crippen LogP contribution in [0.4, 0.5) is 5.69 Å². The number of carbonyl (C=O) groups is 1. The van der Waals surface area contributed by atoms with Crippen molar-refractivity contribution in [1.29, 1.82) is 0 Å². The van der Waals surface area contributed by atoms with Gasteiger partial charge in [0.1, 0.15) is 5.75 Å². The summed E-state index contributed by atoms with van der Waals surface area (Å²) in [6.07, 6.45) is 1.37. The van der Waals surface area contributed by atoms with Crippen LogP contribution in [0, 0.1) is 0 Å². The lowest BCUT2D eigenvalue weighted by Crippen LogP contribution is -2.40. The highest BCUT2D eigenvalue weighted by molar-refractivity contribution is 7.92. The molecule has 0 fully saturated rings. The minimum Gasteiger partial charge on any atom is -0.481 e. The van der Waals surface area contributed by atoms with E-state index in [-0.39, 0.29) is 11.9 Å². The Hall–Kier alpha value is -1.76. The highest BCUT2D eigenvalue weighted by Crippen LogP contribution is 2.21. The lowest BCUT2D eigenvalue weighted by Gasteiger charge is -2.19. The number of anilines is 1. The van der Waals surface area contributed by atoms with E-state index in [0.717, 1.165) is 12.7 Å². The van der Waals surface area contributed by atoms with Crippen molar-refractivity contribution in [2.45, 2.75) is 39.3 Å². The number of rotatable bonds is 7. The number of hydrogen-bond acceptors (Lipinski definition) is 4. The van der Waals surface area contributed by atoms with Gasteiger partial charge in [-0.15, -0.1) is 0 Å². The first-order valence-electron chi connectivity index (χ1n) is 7.16. The maximum Gasteiger partial charge on any atom is 0.260 e. The van der Waals surface area contributed by atoms with Crippen molar-refractivity contribution >= 4 is 21.6 Å². The van der Waals surface area contributed by atoms with Crippen molar-refractivity contribution in [3.63, 3.8) is 0 Å². The van der Waals surface area contributed by atoms with Gasteiger partial charge in [0, 0.05) is 13.1 Å². The van der Waals surface area contributed by atoms with Crippen LogP contribution in [0.3, 0.4) is 0 Å². The Morgan fingerprint density at radius 3 is 2.27 bits per heavy atom. The molecule has 1 amide bonds. The third-order valence-electron chi connectivity index (χ3n) is 3.38. The Bertz CT molecular complexity index is 598. The standard InChI is InChI=1S/C15H24N2O4S/c1-6-11(2)16-15(18)12(3)21-14-9-7-13(8-10-14)17(4)22(5,19)20/h7-12H,6H2,1-5H3,(H,16,18)/t11-,12-/m1/s1. The van der Waals surface area contributed by atoms with Gasteiger partial charge in [0.15, 0.2) is 6.10 Å². The van der Waals surface area contributed by atoms with E-state index >= 15 is 0 Å². The number of carbonyl (C=O) groups excluding carboxylic acids is 1. The van der Waals surface area contributed by atoms with Gasteiger partial charge < -0.3 is 10.1 Å². The largest absolute Gasteiger partial charge is 0.481 e. The molecule has 1 rings (SSSR count). The van der Waals surface area contributed by atoms with E-state index in [1.54, 1.807) is 31.2 Å². The fraction of sp³-hybridized carbons (Fsp3) is 0.533. The van der Waals surface area contributed by atoms with Crippen LogP contribution < -0.4 is 14.4 Å². The molecule has 7 heteroatoms. The van der Waals surface area contributed by atoms with Crippen molar-refractivity contribution in [3.05, 3.63) is 24.3 Å². The zero-order valence-electron chi connectivity index (χ0n) is 13.7. The van der Waals surface area contributed by atoms with Gasteiger partial charge in [-0.25, -0.2) is 8.42 Å². The third kappa shape index (κ3) is 5.22. The minimum atomic E-state index is -3.29. The summed E-state index contributed by atoms with van der Waals surface area (Å²) in [6.45, 7) is 5.60. The molecule has 22 heavy (non-hydrogen) atoms. The monoisotopic (exact) mass is 328 g/mol. The molecule has 0 saturated heterocycles. The zero-order chi connectivity index (χ0) is 16.9. The Labute approximate surface area is 132 Å². The fourth-order valence-corrected chi connectivity index (χ4v) is 2.15. The van der Waals surface area contributed by atoms with E-state index in [2.05, 4.69) is 5.32 Å². The second-order valence-corrected chi connectivity index (χ2v) is 7.32. The molecule has 0 aliphatic carbocycles. The number of amides is 1. The molecule has 0 saturated carbocycles. The van der Waals surface area contributed by atoms with E-state index in [1.165, 1.54) is 11.4 Å². The first kappa shape index (κ1) is 18.3. The summed E-state index contributed by atoms with van der Waals surface area (Å²) >= 11 is 0. The van der Waals surface area contributed by atoms with Gasteiger partial charge in [0.05, 0.1) is 11.9 Å². The number of ether oxygens (including phenoxy) is 1. The van der Waals surface area contributed by atoms with Gasteiger partial charge in [-0.3, -0.25) is 9.10 Å². The predicted molar refractivity (Wildman–Crippen MR) is 87.7 cm³/mol. The normalized spacial score (nSPS) is 14.0. The van der Waals surface area contributed by atoms with Gasteiger partial charge in [0.25, 0.3) is 5.91 Å². The molecule has 1 aromatic rings. The lowest BCUT2D eigenvalue weighted by atomic mass is 10.2. The molecule has 0 unspecified atom stereocenters. The second kappa shape index (κ2) is 7.49. The van der Waals surface area contributed by atoms with E-state index in [0.29, 0.717) is 11.4 Å². The van der Waals surface area contributed by atoms with Crippen molar-refractivity contribution in [2.75, 3.05) is 17.6 Å². The molecule has 0 aliphatic rings. The van der Waals surface area contributed by atoms with E-state index in [9.17, 15) is 13.2 Å². The van der Waals surface area contributed by atoms with Gasteiger partial charge in [-0.2, -0.15) is 0 Å². The molecule has 124 valence electrons. The summed E-state index contributed by atoms with van der Waals surface area (Å²) < 4.78 is 29.7. The van der Waals surface area contributed by atoms with Crippen LogP contribution in [0.25, 0.3) is 0 Å². The number of hydrogen-bond donors (Lipinski definition) is 1. The summed E-state index contributed by atoms with van der Waals surface area (Å²) in [4.78, 5) is 11.9. The van der Waals surface area contributed by atoms with E-state index in [1.807, 2.05) is 13.8 Å². The SMILES string of the molecule is CC[C@@H](C)NC(=O)[C@@H](C)Oc1ccc(N(C)S(C)(=O)=O)cc1. The predicted octanol–water partition coefficient (Wildman–Crippen LogP) is 1.76. The second-order valence-electron chi connectivity index (χ2n) is 5.30. The topological polar surface area (TPSA) is 75.7 Å².